The van der Waals surface area contributed by atoms with Crippen molar-refractivity contribution in [3.05, 3.63) is 65.5 Å². The van der Waals surface area contributed by atoms with Gasteiger partial charge in [-0.25, -0.2) is 4.39 Å². The number of carbonyl (C=O) groups is 2. The average Bonchev–Trinajstić information content (AvgIpc) is 2.90. The fourth-order valence-electron chi connectivity index (χ4n) is 3.27. The number of nitrogens with two attached hydrogens (primary N) is 1. The first kappa shape index (κ1) is 18.9. The van der Waals surface area contributed by atoms with Crippen molar-refractivity contribution in [2.24, 2.45) is 0 Å². The van der Waals surface area contributed by atoms with Crippen molar-refractivity contribution < 1.29 is 14.0 Å². The van der Waals surface area contributed by atoms with E-state index in [2.05, 4.69) is 0 Å². The maximum Gasteiger partial charge on any atom is 0.227 e. The fraction of sp³-hybridized carbons (Fsp3) is 0.333. The molecule has 3 rings (SSSR count). The van der Waals surface area contributed by atoms with Gasteiger partial charge >= 0.3 is 0 Å². The van der Waals surface area contributed by atoms with Crippen molar-refractivity contribution in [1.29, 1.82) is 0 Å². The van der Waals surface area contributed by atoms with Crippen LogP contribution in [0, 0.1) is 5.82 Å². The second-order valence-corrected chi connectivity index (χ2v) is 6.84. The highest BCUT2D eigenvalue weighted by molar-refractivity contribution is 5.80. The number of amides is 2. The second kappa shape index (κ2) is 8.66. The van der Waals surface area contributed by atoms with Crippen LogP contribution in [-0.2, 0) is 22.4 Å². The van der Waals surface area contributed by atoms with Crippen LogP contribution >= 0.6 is 0 Å². The molecule has 142 valence electrons. The minimum Gasteiger partial charge on any atom is -0.399 e. The third-order valence-corrected chi connectivity index (χ3v) is 4.78. The number of carbonyl (C=O) groups excluding carboxylic acids is 2. The quantitative estimate of drug-likeness (QED) is 0.841. The molecule has 2 aromatic carbocycles. The number of hydrogen-bond acceptors (Lipinski definition) is 3. The van der Waals surface area contributed by atoms with Crippen molar-refractivity contribution in [3.8, 4) is 0 Å². The monoisotopic (exact) mass is 369 g/mol. The molecule has 0 atom stereocenters. The van der Waals surface area contributed by atoms with Gasteiger partial charge in [-0.1, -0.05) is 24.3 Å². The summed E-state index contributed by atoms with van der Waals surface area (Å²) in [6.07, 6.45) is 1.25. The first-order chi connectivity index (χ1) is 13.0. The summed E-state index contributed by atoms with van der Waals surface area (Å²) < 4.78 is 13.3. The minimum atomic E-state index is -0.337. The Kier molecular flexibility index (Phi) is 6.06. The van der Waals surface area contributed by atoms with Crippen LogP contribution in [0.4, 0.5) is 10.1 Å². The van der Waals surface area contributed by atoms with Crippen LogP contribution in [0.3, 0.4) is 0 Å². The van der Waals surface area contributed by atoms with E-state index >= 15 is 0 Å². The van der Waals surface area contributed by atoms with Gasteiger partial charge in [0.15, 0.2) is 0 Å². The number of benzene rings is 2. The molecule has 27 heavy (non-hydrogen) atoms. The molecule has 0 saturated carbocycles. The molecular weight excluding hydrogens is 345 g/mol. The van der Waals surface area contributed by atoms with Crippen LogP contribution in [-0.4, -0.2) is 47.8 Å². The van der Waals surface area contributed by atoms with Crippen LogP contribution in [0.25, 0.3) is 0 Å². The Morgan fingerprint density at radius 2 is 1.44 bits per heavy atom. The van der Waals surface area contributed by atoms with Gasteiger partial charge in [-0.15, -0.1) is 0 Å². The van der Waals surface area contributed by atoms with E-state index in [9.17, 15) is 14.0 Å². The topological polar surface area (TPSA) is 66.6 Å². The van der Waals surface area contributed by atoms with Gasteiger partial charge < -0.3 is 15.5 Å². The maximum atomic E-state index is 13.3. The molecule has 0 aromatic heterocycles. The van der Waals surface area contributed by atoms with Crippen molar-refractivity contribution in [1.82, 2.24) is 9.80 Å². The van der Waals surface area contributed by atoms with Crippen LogP contribution in [0.5, 0.6) is 0 Å². The molecule has 0 radical (unpaired) electrons. The van der Waals surface area contributed by atoms with Gasteiger partial charge in [0, 0.05) is 31.9 Å². The highest BCUT2D eigenvalue weighted by atomic mass is 19.1. The van der Waals surface area contributed by atoms with E-state index in [-0.39, 0.29) is 24.1 Å². The molecule has 0 bridgehead atoms. The fourth-order valence-corrected chi connectivity index (χ4v) is 3.27. The van der Waals surface area contributed by atoms with E-state index < -0.39 is 0 Å². The van der Waals surface area contributed by atoms with Gasteiger partial charge in [0.1, 0.15) is 5.82 Å². The zero-order valence-corrected chi connectivity index (χ0v) is 15.2. The Morgan fingerprint density at radius 1 is 0.852 bits per heavy atom. The van der Waals surface area contributed by atoms with Crippen LogP contribution in [0.2, 0.25) is 0 Å². The summed E-state index contributed by atoms with van der Waals surface area (Å²) in [4.78, 5) is 28.7. The predicted molar refractivity (Wildman–Crippen MR) is 102 cm³/mol. The molecule has 2 N–H and O–H groups in total. The Bertz CT molecular complexity index is 807. The largest absolute Gasteiger partial charge is 0.399 e. The van der Waals surface area contributed by atoms with Gasteiger partial charge in [0.2, 0.25) is 11.8 Å². The number of nitrogens with zero attached hydrogens (tertiary/aromatic N) is 2. The standard InChI is InChI=1S/C21H24FN3O2/c22-18-4-1-3-17(13-18)15-21(27)25-10-2-9-24(11-12-25)20(26)14-16-5-7-19(23)8-6-16/h1,3-8,13H,2,9-12,14-15,23H2. The lowest BCUT2D eigenvalue weighted by molar-refractivity contribution is -0.132. The van der Waals surface area contributed by atoms with Crippen LogP contribution < -0.4 is 5.73 Å². The molecule has 1 saturated heterocycles. The van der Waals surface area contributed by atoms with E-state index in [0.29, 0.717) is 43.9 Å². The summed E-state index contributed by atoms with van der Waals surface area (Å²) in [5.41, 5.74) is 7.94. The Morgan fingerprint density at radius 3 is 2.04 bits per heavy atom. The molecule has 1 aliphatic heterocycles. The highest BCUT2D eigenvalue weighted by Crippen LogP contribution is 2.12. The van der Waals surface area contributed by atoms with Crippen LogP contribution in [0.1, 0.15) is 17.5 Å². The molecular formula is C21H24FN3O2. The van der Waals surface area contributed by atoms with Crippen molar-refractivity contribution in [2.45, 2.75) is 19.3 Å². The molecule has 2 amide bonds. The molecule has 0 aliphatic carbocycles. The molecule has 6 heteroatoms. The van der Waals surface area contributed by atoms with Gasteiger partial charge in [-0.3, -0.25) is 9.59 Å². The molecule has 5 nitrogen and oxygen atoms in total. The van der Waals surface area contributed by atoms with E-state index in [0.717, 1.165) is 12.0 Å². The van der Waals surface area contributed by atoms with E-state index in [1.54, 1.807) is 29.2 Å². The first-order valence-electron chi connectivity index (χ1n) is 9.15. The Labute approximate surface area is 158 Å². The summed E-state index contributed by atoms with van der Waals surface area (Å²) in [6.45, 7) is 2.27. The van der Waals surface area contributed by atoms with Gasteiger partial charge in [0.25, 0.3) is 0 Å². The van der Waals surface area contributed by atoms with Crippen molar-refractivity contribution >= 4 is 17.5 Å². The van der Waals surface area contributed by atoms with E-state index in [1.165, 1.54) is 12.1 Å². The Balaban J connectivity index is 1.54. The maximum absolute atomic E-state index is 13.3. The van der Waals surface area contributed by atoms with Gasteiger partial charge in [-0.05, 0) is 41.8 Å². The number of halogens is 1. The van der Waals surface area contributed by atoms with Crippen molar-refractivity contribution in [2.75, 3.05) is 31.9 Å². The zero-order chi connectivity index (χ0) is 19.2. The number of anilines is 1. The molecule has 1 fully saturated rings. The molecule has 1 aliphatic rings. The van der Waals surface area contributed by atoms with E-state index in [4.69, 9.17) is 5.73 Å². The summed E-state index contributed by atoms with van der Waals surface area (Å²) >= 11 is 0. The molecule has 0 unspecified atom stereocenters. The lowest BCUT2D eigenvalue weighted by Crippen LogP contribution is -2.38. The highest BCUT2D eigenvalue weighted by Gasteiger charge is 2.22. The van der Waals surface area contributed by atoms with Gasteiger partial charge in [0.05, 0.1) is 12.8 Å². The number of rotatable bonds is 4. The zero-order valence-electron chi connectivity index (χ0n) is 15.2. The normalized spacial score (nSPS) is 14.7. The summed E-state index contributed by atoms with van der Waals surface area (Å²) in [6, 6.07) is 13.4. The van der Waals surface area contributed by atoms with E-state index in [1.807, 2.05) is 17.0 Å². The van der Waals surface area contributed by atoms with Crippen molar-refractivity contribution in [3.63, 3.8) is 0 Å². The SMILES string of the molecule is Nc1ccc(CC(=O)N2CCCN(C(=O)Cc3cccc(F)c3)CC2)cc1. The lowest BCUT2D eigenvalue weighted by atomic mass is 10.1. The average molecular weight is 369 g/mol. The number of hydrogen-bond donors (Lipinski definition) is 1. The van der Waals surface area contributed by atoms with Crippen LogP contribution in [0.15, 0.2) is 48.5 Å². The summed E-state index contributed by atoms with van der Waals surface area (Å²) in [7, 11) is 0. The summed E-state index contributed by atoms with van der Waals surface area (Å²) in [5, 5.41) is 0. The molecule has 2 aromatic rings. The third kappa shape index (κ3) is 5.29. The Hall–Kier alpha value is -2.89. The second-order valence-electron chi connectivity index (χ2n) is 6.84. The molecule has 1 heterocycles. The minimum absolute atomic E-state index is 0.0339. The first-order valence-corrected chi connectivity index (χ1v) is 9.15. The summed E-state index contributed by atoms with van der Waals surface area (Å²) in [5.74, 6) is -0.316. The lowest BCUT2D eigenvalue weighted by Gasteiger charge is -2.22. The smallest absolute Gasteiger partial charge is 0.227 e. The molecule has 0 spiro atoms. The predicted octanol–water partition coefficient (Wildman–Crippen LogP) is 2.25. The van der Waals surface area contributed by atoms with Gasteiger partial charge in [-0.2, -0.15) is 0 Å². The third-order valence-electron chi connectivity index (χ3n) is 4.78. The number of nitrogen functional groups attached to an aromatic ring is 1.